The van der Waals surface area contributed by atoms with Gasteiger partial charge in [0.2, 0.25) is 11.8 Å². The van der Waals surface area contributed by atoms with Crippen molar-refractivity contribution in [3.63, 3.8) is 0 Å². The molecule has 5 aliphatic rings. The van der Waals surface area contributed by atoms with E-state index >= 15 is 0 Å². The van der Waals surface area contributed by atoms with Crippen LogP contribution in [-0.2, 0) is 25.7 Å². The predicted molar refractivity (Wildman–Crippen MR) is 164 cm³/mol. The zero-order valence-electron chi connectivity index (χ0n) is 23.3. The Labute approximate surface area is 263 Å². The number of phenolic OH excluding ortho intramolecular Hbond substituents is 1. The molecule has 2 fully saturated rings. The fraction of sp³-hybridized carbons (Fsp3) is 0.353. The summed E-state index contributed by atoms with van der Waals surface area (Å²) in [4.78, 5) is 58.8. The van der Waals surface area contributed by atoms with Crippen LogP contribution in [0, 0.1) is 17.8 Å². The SMILES string of the molecule is O=C1C=C(Br)C(=O)C2=C1[C@@H](c1cc(Cl)ccc1O)C1=CC[C@@H]3C(=O)N(C4CCN(Cc5ccccc5)CC4)C(=O)[C@@H]3[C@@H]1C2. The minimum atomic E-state index is -0.736. The average Bonchev–Trinajstić information content (AvgIpc) is 3.26. The number of amides is 2. The van der Waals surface area contributed by atoms with Crippen LogP contribution >= 0.6 is 27.5 Å². The van der Waals surface area contributed by atoms with E-state index in [0.29, 0.717) is 41.0 Å². The number of Topliss-reactive ketones (excluding diaryl/α,β-unsaturated/α-hetero) is 1. The summed E-state index contributed by atoms with van der Waals surface area (Å²) in [5.74, 6) is -3.30. The first-order chi connectivity index (χ1) is 20.7. The molecule has 0 spiro atoms. The fourth-order valence-electron chi connectivity index (χ4n) is 7.88. The van der Waals surface area contributed by atoms with Crippen LogP contribution in [0.1, 0.15) is 42.7 Å². The molecule has 4 atom stereocenters. The van der Waals surface area contributed by atoms with Crippen molar-refractivity contribution in [1.29, 1.82) is 0 Å². The van der Waals surface area contributed by atoms with Crippen molar-refractivity contribution in [2.24, 2.45) is 17.8 Å². The van der Waals surface area contributed by atoms with Crippen LogP contribution in [0.25, 0.3) is 0 Å². The number of hydrogen-bond donors (Lipinski definition) is 1. The highest BCUT2D eigenvalue weighted by Crippen LogP contribution is 2.56. The standard InChI is InChI=1S/C34H30BrClN2O5/c35-26-16-28(40)31-25(32(26)41)15-23-21(29(31)24-14-19(36)6-9-27(24)39)7-8-22-30(23)34(43)38(33(22)42)20-10-12-37(13-11-20)17-18-4-2-1-3-5-18/h1-7,9,14,16,20,22-23,29-30,39H,8,10-13,15,17H2/t22-,23+,29+,30-/m0/s1. The third kappa shape index (κ3) is 4.75. The number of carbonyl (C=O) groups is 4. The number of rotatable bonds is 4. The monoisotopic (exact) mass is 660 g/mol. The Morgan fingerprint density at radius 3 is 2.44 bits per heavy atom. The summed E-state index contributed by atoms with van der Waals surface area (Å²) in [6, 6.07) is 14.8. The zero-order chi connectivity index (χ0) is 30.0. The van der Waals surface area contributed by atoms with E-state index in [-0.39, 0.29) is 46.1 Å². The van der Waals surface area contributed by atoms with Crippen LogP contribution in [0.3, 0.4) is 0 Å². The number of ketones is 2. The second-order valence-corrected chi connectivity index (χ2v) is 13.4. The maximum absolute atomic E-state index is 14.2. The Morgan fingerprint density at radius 2 is 1.70 bits per heavy atom. The number of hydrogen-bond acceptors (Lipinski definition) is 6. The smallest absolute Gasteiger partial charge is 0.233 e. The van der Waals surface area contributed by atoms with Crippen LogP contribution in [0.4, 0.5) is 0 Å². The van der Waals surface area contributed by atoms with Crippen molar-refractivity contribution in [3.8, 4) is 5.75 Å². The molecule has 0 saturated carbocycles. The predicted octanol–water partition coefficient (Wildman–Crippen LogP) is 5.47. The van der Waals surface area contributed by atoms with E-state index in [1.807, 2.05) is 24.3 Å². The molecule has 2 heterocycles. The van der Waals surface area contributed by atoms with E-state index in [2.05, 4.69) is 33.0 Å². The topological polar surface area (TPSA) is 95.0 Å². The molecular formula is C34H30BrClN2O5. The third-order valence-corrected chi connectivity index (χ3v) is 10.7. The molecule has 7 rings (SSSR count). The summed E-state index contributed by atoms with van der Waals surface area (Å²) in [6.07, 6.45) is 5.23. The van der Waals surface area contributed by atoms with Gasteiger partial charge in [-0.05, 0) is 71.3 Å². The molecule has 2 aromatic carbocycles. The van der Waals surface area contributed by atoms with Crippen molar-refractivity contribution in [2.75, 3.05) is 13.1 Å². The van der Waals surface area contributed by atoms with Gasteiger partial charge in [0.15, 0.2) is 11.6 Å². The molecule has 0 bridgehead atoms. The largest absolute Gasteiger partial charge is 0.508 e. The number of imide groups is 1. The van der Waals surface area contributed by atoms with E-state index in [9.17, 15) is 24.3 Å². The van der Waals surface area contributed by atoms with Gasteiger partial charge >= 0.3 is 0 Å². The first kappa shape index (κ1) is 28.4. The van der Waals surface area contributed by atoms with Crippen molar-refractivity contribution in [3.05, 3.63) is 98.0 Å². The summed E-state index contributed by atoms with van der Waals surface area (Å²) < 4.78 is 0.169. The van der Waals surface area contributed by atoms with Crippen molar-refractivity contribution >= 4 is 50.9 Å². The molecule has 2 aliphatic heterocycles. The highest BCUT2D eigenvalue weighted by molar-refractivity contribution is 9.12. The van der Waals surface area contributed by atoms with Gasteiger partial charge in [0.05, 0.1) is 16.3 Å². The summed E-state index contributed by atoms with van der Waals surface area (Å²) in [5, 5.41) is 11.3. The summed E-state index contributed by atoms with van der Waals surface area (Å²) in [7, 11) is 0. The Balaban J connectivity index is 1.19. The van der Waals surface area contributed by atoms with Gasteiger partial charge in [-0.2, -0.15) is 0 Å². The lowest BCUT2D eigenvalue weighted by Crippen LogP contribution is -2.47. The number of carbonyl (C=O) groups excluding carboxylic acids is 4. The van der Waals surface area contributed by atoms with Gasteiger partial charge in [0.1, 0.15) is 5.75 Å². The lowest BCUT2D eigenvalue weighted by Gasteiger charge is -2.42. The number of benzene rings is 2. The fourth-order valence-corrected chi connectivity index (χ4v) is 8.51. The van der Waals surface area contributed by atoms with Gasteiger partial charge in [0.25, 0.3) is 0 Å². The Bertz CT molecular complexity index is 1660. The number of aromatic hydroxyl groups is 1. The number of likely N-dealkylation sites (tertiary alicyclic amines) is 2. The molecule has 9 heteroatoms. The third-order valence-electron chi connectivity index (χ3n) is 9.84. The van der Waals surface area contributed by atoms with Crippen molar-refractivity contribution < 1.29 is 24.3 Å². The minimum Gasteiger partial charge on any atom is -0.508 e. The number of halogens is 2. The molecule has 0 aromatic heterocycles. The number of nitrogens with zero attached hydrogens (tertiary/aromatic N) is 2. The van der Waals surface area contributed by atoms with Crippen LogP contribution in [0.15, 0.2) is 81.9 Å². The van der Waals surface area contributed by atoms with Gasteiger partial charge in [-0.1, -0.05) is 53.6 Å². The number of phenols is 1. The first-order valence-corrected chi connectivity index (χ1v) is 15.9. The van der Waals surface area contributed by atoms with E-state index in [0.717, 1.165) is 25.2 Å². The highest BCUT2D eigenvalue weighted by atomic mass is 79.9. The maximum atomic E-state index is 14.2. The van der Waals surface area contributed by atoms with Crippen LogP contribution < -0.4 is 0 Å². The second kappa shape index (κ2) is 11.0. The van der Waals surface area contributed by atoms with Crippen molar-refractivity contribution in [2.45, 2.75) is 44.2 Å². The molecular weight excluding hydrogens is 632 g/mol. The maximum Gasteiger partial charge on any atom is 0.233 e. The molecule has 0 unspecified atom stereocenters. The van der Waals surface area contributed by atoms with Gasteiger partial charge in [-0.3, -0.25) is 29.0 Å². The normalized spacial score (nSPS) is 28.0. The summed E-state index contributed by atoms with van der Waals surface area (Å²) in [6.45, 7) is 2.42. The summed E-state index contributed by atoms with van der Waals surface area (Å²) >= 11 is 9.59. The lowest BCUT2D eigenvalue weighted by atomic mass is 9.59. The summed E-state index contributed by atoms with van der Waals surface area (Å²) in [5.41, 5.74) is 3.10. The molecule has 2 amide bonds. The van der Waals surface area contributed by atoms with Gasteiger partial charge in [-0.25, -0.2) is 0 Å². The molecule has 1 N–H and O–H groups in total. The quantitative estimate of drug-likeness (QED) is 0.265. The van der Waals surface area contributed by atoms with Crippen LogP contribution in [0.5, 0.6) is 5.75 Å². The van der Waals surface area contributed by atoms with E-state index in [1.165, 1.54) is 22.6 Å². The van der Waals surface area contributed by atoms with Crippen LogP contribution in [0.2, 0.25) is 5.02 Å². The van der Waals surface area contributed by atoms with E-state index in [1.54, 1.807) is 12.1 Å². The van der Waals surface area contributed by atoms with Gasteiger partial charge in [-0.15, -0.1) is 0 Å². The molecule has 0 radical (unpaired) electrons. The average molecular weight is 662 g/mol. The number of allylic oxidation sites excluding steroid dienone is 6. The van der Waals surface area contributed by atoms with Gasteiger partial charge < -0.3 is 5.11 Å². The first-order valence-electron chi connectivity index (χ1n) is 14.7. The van der Waals surface area contributed by atoms with Gasteiger partial charge in [0, 0.05) is 59.4 Å². The number of piperidine rings is 1. The minimum absolute atomic E-state index is 0.0449. The highest BCUT2D eigenvalue weighted by Gasteiger charge is 2.57. The second-order valence-electron chi connectivity index (χ2n) is 12.1. The molecule has 43 heavy (non-hydrogen) atoms. The molecule has 3 aliphatic carbocycles. The molecule has 2 aromatic rings. The lowest BCUT2D eigenvalue weighted by molar-refractivity contribution is -0.144. The Hall–Kier alpha value is -3.33. The van der Waals surface area contributed by atoms with Crippen molar-refractivity contribution in [1.82, 2.24) is 9.80 Å². The van der Waals surface area contributed by atoms with E-state index in [4.69, 9.17) is 11.6 Å². The zero-order valence-corrected chi connectivity index (χ0v) is 25.7. The van der Waals surface area contributed by atoms with Crippen LogP contribution in [-0.4, -0.2) is 57.4 Å². The molecule has 220 valence electrons. The van der Waals surface area contributed by atoms with E-state index < -0.39 is 23.7 Å². The molecule has 2 saturated heterocycles. The number of fused-ring (bicyclic) bond motifs is 3. The Kier molecular flexibility index (Phi) is 7.27. The molecule has 7 nitrogen and oxygen atoms in total. The Morgan fingerprint density at radius 1 is 0.953 bits per heavy atom.